The van der Waals surface area contributed by atoms with Crippen LogP contribution in [0.3, 0.4) is 0 Å². The molecule has 0 fully saturated rings. The minimum atomic E-state index is -0.544. The molecule has 1 atom stereocenters. The number of aryl methyl sites for hydroxylation is 1. The molecule has 0 saturated heterocycles. The maximum atomic E-state index is 10.3. The Morgan fingerprint density at radius 1 is 1.16 bits per heavy atom. The first-order chi connectivity index (χ1) is 9.24. The average Bonchev–Trinajstić information content (AvgIpc) is 2.82. The summed E-state index contributed by atoms with van der Waals surface area (Å²) in [5.41, 5.74) is 2.87. The van der Waals surface area contributed by atoms with Crippen molar-refractivity contribution in [1.82, 2.24) is 4.98 Å². The summed E-state index contributed by atoms with van der Waals surface area (Å²) in [6.07, 6.45) is 0.0680. The van der Waals surface area contributed by atoms with Crippen molar-refractivity contribution in [3.63, 3.8) is 0 Å². The van der Waals surface area contributed by atoms with Gasteiger partial charge in [0, 0.05) is 16.8 Å². The summed E-state index contributed by atoms with van der Waals surface area (Å²) in [7, 11) is 0. The molecule has 3 aromatic rings. The van der Waals surface area contributed by atoms with Gasteiger partial charge in [0.2, 0.25) is 0 Å². The van der Waals surface area contributed by atoms with Gasteiger partial charge in [-0.15, -0.1) is 11.3 Å². The lowest BCUT2D eigenvalue weighted by molar-refractivity contribution is 0.174. The number of aliphatic hydroxyl groups is 1. The van der Waals surface area contributed by atoms with Crippen molar-refractivity contribution in [3.8, 4) is 0 Å². The lowest BCUT2D eigenvalue weighted by Crippen LogP contribution is -2.04. The highest BCUT2D eigenvalue weighted by Crippen LogP contribution is 2.29. The molecule has 3 rings (SSSR count). The first kappa shape index (κ1) is 12.3. The van der Waals surface area contributed by atoms with E-state index in [0.29, 0.717) is 6.42 Å². The smallest absolute Gasteiger partial charge is 0.100 e. The molecule has 1 aromatic carbocycles. The lowest BCUT2D eigenvalue weighted by atomic mass is 10.0. The van der Waals surface area contributed by atoms with E-state index in [1.54, 1.807) is 11.3 Å². The Hall–Kier alpha value is -1.71. The van der Waals surface area contributed by atoms with Crippen LogP contribution in [0.4, 0.5) is 0 Å². The van der Waals surface area contributed by atoms with E-state index in [2.05, 4.69) is 22.5 Å². The van der Waals surface area contributed by atoms with Gasteiger partial charge in [-0.25, -0.2) is 0 Å². The van der Waals surface area contributed by atoms with Crippen molar-refractivity contribution < 1.29 is 5.11 Å². The van der Waals surface area contributed by atoms with Crippen LogP contribution in [0.15, 0.2) is 47.8 Å². The fourth-order valence-electron chi connectivity index (χ4n) is 2.25. The summed E-state index contributed by atoms with van der Waals surface area (Å²) in [5, 5.41) is 13.7. The van der Waals surface area contributed by atoms with Crippen LogP contribution in [0.2, 0.25) is 0 Å². The highest BCUT2D eigenvalue weighted by atomic mass is 32.1. The van der Waals surface area contributed by atoms with Crippen LogP contribution in [0.25, 0.3) is 10.1 Å². The highest BCUT2D eigenvalue weighted by molar-refractivity contribution is 7.17. The molecule has 3 heteroatoms. The Labute approximate surface area is 116 Å². The van der Waals surface area contributed by atoms with Gasteiger partial charge in [0.15, 0.2) is 0 Å². The average molecular weight is 269 g/mol. The Kier molecular flexibility index (Phi) is 3.32. The van der Waals surface area contributed by atoms with Gasteiger partial charge in [0.1, 0.15) is 6.10 Å². The van der Waals surface area contributed by atoms with E-state index in [4.69, 9.17) is 0 Å². The van der Waals surface area contributed by atoms with Gasteiger partial charge in [-0.3, -0.25) is 4.98 Å². The van der Waals surface area contributed by atoms with Crippen LogP contribution in [0.5, 0.6) is 0 Å². The Morgan fingerprint density at radius 2 is 2.00 bits per heavy atom. The van der Waals surface area contributed by atoms with E-state index in [1.165, 1.54) is 15.6 Å². The number of aliphatic hydroxyl groups excluding tert-OH is 1. The number of aromatic nitrogens is 1. The largest absolute Gasteiger partial charge is 0.386 e. The maximum absolute atomic E-state index is 10.3. The monoisotopic (exact) mass is 269 g/mol. The van der Waals surface area contributed by atoms with E-state index >= 15 is 0 Å². The van der Waals surface area contributed by atoms with Crippen LogP contribution in [0, 0.1) is 6.92 Å². The molecule has 96 valence electrons. The van der Waals surface area contributed by atoms with E-state index in [0.717, 1.165) is 11.4 Å². The van der Waals surface area contributed by atoms with Gasteiger partial charge in [-0.1, -0.05) is 24.3 Å². The number of benzene rings is 1. The summed E-state index contributed by atoms with van der Waals surface area (Å²) < 4.78 is 1.27. The molecular formula is C16H15NOS. The molecule has 2 nitrogen and oxygen atoms in total. The van der Waals surface area contributed by atoms with Gasteiger partial charge < -0.3 is 5.11 Å². The molecule has 0 aliphatic rings. The van der Waals surface area contributed by atoms with Crippen LogP contribution in [-0.2, 0) is 6.42 Å². The number of fused-ring (bicyclic) bond motifs is 1. The van der Waals surface area contributed by atoms with E-state index < -0.39 is 6.10 Å². The van der Waals surface area contributed by atoms with E-state index in [-0.39, 0.29) is 0 Å². The fraction of sp³-hybridized carbons (Fsp3) is 0.188. The summed E-state index contributed by atoms with van der Waals surface area (Å²) in [6.45, 7) is 1.94. The Morgan fingerprint density at radius 3 is 2.84 bits per heavy atom. The summed E-state index contributed by atoms with van der Waals surface area (Å²) in [5.74, 6) is 0. The first-order valence-electron chi connectivity index (χ1n) is 6.31. The molecule has 0 aliphatic carbocycles. The summed E-state index contributed by atoms with van der Waals surface area (Å²) >= 11 is 1.72. The normalized spacial score (nSPS) is 12.7. The van der Waals surface area contributed by atoms with Crippen LogP contribution in [-0.4, -0.2) is 10.1 Å². The molecular weight excluding hydrogens is 254 g/mol. The van der Waals surface area contributed by atoms with Crippen molar-refractivity contribution >= 4 is 21.4 Å². The molecule has 0 saturated carbocycles. The fourth-order valence-corrected chi connectivity index (χ4v) is 3.23. The van der Waals surface area contributed by atoms with Crippen LogP contribution < -0.4 is 0 Å². The van der Waals surface area contributed by atoms with Crippen molar-refractivity contribution in [2.24, 2.45) is 0 Å². The Balaban J connectivity index is 1.89. The van der Waals surface area contributed by atoms with E-state index in [9.17, 15) is 5.11 Å². The molecule has 2 heterocycles. The predicted octanol–water partition coefficient (Wildman–Crippen LogP) is 3.88. The van der Waals surface area contributed by atoms with Gasteiger partial charge in [0.25, 0.3) is 0 Å². The quantitative estimate of drug-likeness (QED) is 0.782. The summed E-state index contributed by atoms with van der Waals surface area (Å²) in [4.78, 5) is 4.39. The molecule has 0 aliphatic heterocycles. The predicted molar refractivity (Wildman–Crippen MR) is 79.5 cm³/mol. The minimum Gasteiger partial charge on any atom is -0.386 e. The third-order valence-corrected chi connectivity index (χ3v) is 4.24. The third-order valence-electron chi connectivity index (χ3n) is 3.23. The molecule has 1 unspecified atom stereocenters. The molecule has 0 bridgehead atoms. The van der Waals surface area contributed by atoms with Crippen molar-refractivity contribution in [2.75, 3.05) is 0 Å². The van der Waals surface area contributed by atoms with Crippen molar-refractivity contribution in [1.29, 1.82) is 0 Å². The van der Waals surface area contributed by atoms with Gasteiger partial charge >= 0.3 is 0 Å². The van der Waals surface area contributed by atoms with Gasteiger partial charge in [0.05, 0.1) is 5.69 Å². The minimum absolute atomic E-state index is 0.544. The zero-order valence-corrected chi connectivity index (χ0v) is 11.5. The second-order valence-corrected chi connectivity index (χ2v) is 5.59. The van der Waals surface area contributed by atoms with E-state index in [1.807, 2.05) is 37.3 Å². The number of hydrogen-bond acceptors (Lipinski definition) is 3. The van der Waals surface area contributed by atoms with Crippen LogP contribution >= 0.6 is 11.3 Å². The summed E-state index contributed by atoms with van der Waals surface area (Å²) in [6, 6.07) is 14.1. The first-order valence-corrected chi connectivity index (χ1v) is 7.19. The maximum Gasteiger partial charge on any atom is 0.100 e. The molecule has 0 amide bonds. The number of hydrogen-bond donors (Lipinski definition) is 1. The van der Waals surface area contributed by atoms with Crippen molar-refractivity contribution in [2.45, 2.75) is 19.4 Å². The number of nitrogens with zero attached hydrogens (tertiary/aromatic N) is 1. The second-order valence-electron chi connectivity index (χ2n) is 4.68. The zero-order chi connectivity index (χ0) is 13.2. The SMILES string of the molecule is Cc1cccc(C(O)Cc2csc3ccccc23)n1. The Bertz CT molecular complexity index is 705. The number of pyridine rings is 1. The standard InChI is InChI=1S/C16H15NOS/c1-11-5-4-7-14(17-11)15(18)9-12-10-19-16-8-3-2-6-13(12)16/h2-8,10,15,18H,9H2,1H3. The molecule has 19 heavy (non-hydrogen) atoms. The van der Waals surface area contributed by atoms with Crippen LogP contribution in [0.1, 0.15) is 23.1 Å². The second kappa shape index (κ2) is 5.11. The molecule has 1 N–H and O–H groups in total. The number of rotatable bonds is 3. The highest BCUT2D eigenvalue weighted by Gasteiger charge is 2.13. The lowest BCUT2D eigenvalue weighted by Gasteiger charge is -2.10. The molecule has 2 aromatic heterocycles. The third kappa shape index (κ3) is 2.53. The van der Waals surface area contributed by atoms with Gasteiger partial charge in [-0.2, -0.15) is 0 Å². The van der Waals surface area contributed by atoms with Crippen molar-refractivity contribution in [3.05, 3.63) is 64.8 Å². The molecule has 0 radical (unpaired) electrons. The van der Waals surface area contributed by atoms with Gasteiger partial charge in [-0.05, 0) is 41.5 Å². The topological polar surface area (TPSA) is 33.1 Å². The number of thiophene rings is 1. The molecule has 0 spiro atoms. The zero-order valence-electron chi connectivity index (χ0n) is 10.7.